The van der Waals surface area contributed by atoms with E-state index in [0.29, 0.717) is 12.3 Å². The van der Waals surface area contributed by atoms with Gasteiger partial charge in [-0.1, -0.05) is 17.7 Å². The van der Waals surface area contributed by atoms with Crippen LogP contribution >= 0.6 is 0 Å². The van der Waals surface area contributed by atoms with Crippen molar-refractivity contribution in [1.29, 1.82) is 0 Å². The second kappa shape index (κ2) is 5.87. The maximum Gasteiger partial charge on any atom is 0.255 e. The Morgan fingerprint density at radius 2 is 2.06 bits per heavy atom. The van der Waals surface area contributed by atoms with Gasteiger partial charge in [-0.25, -0.2) is 0 Å². The van der Waals surface area contributed by atoms with E-state index >= 15 is 0 Å². The van der Waals surface area contributed by atoms with Crippen LogP contribution in [0.1, 0.15) is 31.9 Å². The number of amides is 1. The average molecular weight is 250 g/mol. The van der Waals surface area contributed by atoms with E-state index in [4.69, 9.17) is 10.5 Å². The molecule has 18 heavy (non-hydrogen) atoms. The molecule has 0 aromatic heterocycles. The van der Waals surface area contributed by atoms with Crippen LogP contribution in [0.15, 0.2) is 18.2 Å². The molecule has 0 saturated heterocycles. The Hall–Kier alpha value is -1.55. The monoisotopic (exact) mass is 250 g/mol. The van der Waals surface area contributed by atoms with Gasteiger partial charge in [0.15, 0.2) is 6.61 Å². The standard InChI is InChI=1S/C14H22N2O2/c1-10-5-6-12(18-9-13(15)17)11(7-10)8-16-14(2,3)4/h5-7,16H,8-9H2,1-4H3,(H2,15,17). The third-order valence-electron chi connectivity index (χ3n) is 2.40. The van der Waals surface area contributed by atoms with E-state index in [2.05, 4.69) is 32.2 Å². The van der Waals surface area contributed by atoms with Crippen LogP contribution < -0.4 is 15.8 Å². The van der Waals surface area contributed by atoms with Crippen molar-refractivity contribution in [2.24, 2.45) is 5.73 Å². The first-order valence-corrected chi connectivity index (χ1v) is 6.03. The van der Waals surface area contributed by atoms with Crippen molar-refractivity contribution in [3.8, 4) is 5.75 Å². The zero-order chi connectivity index (χ0) is 13.8. The smallest absolute Gasteiger partial charge is 0.255 e. The molecule has 4 nitrogen and oxygen atoms in total. The van der Waals surface area contributed by atoms with Crippen LogP contribution in [0.3, 0.4) is 0 Å². The number of carbonyl (C=O) groups is 1. The van der Waals surface area contributed by atoms with Crippen molar-refractivity contribution >= 4 is 5.91 Å². The lowest BCUT2D eigenvalue weighted by molar-refractivity contribution is -0.119. The van der Waals surface area contributed by atoms with Gasteiger partial charge in [-0.05, 0) is 33.8 Å². The SMILES string of the molecule is Cc1ccc(OCC(N)=O)c(CNC(C)(C)C)c1. The fourth-order valence-corrected chi connectivity index (χ4v) is 1.50. The fraction of sp³-hybridized carbons (Fsp3) is 0.500. The van der Waals surface area contributed by atoms with Crippen LogP contribution in [0.25, 0.3) is 0 Å². The summed E-state index contributed by atoms with van der Waals surface area (Å²) in [7, 11) is 0. The zero-order valence-electron chi connectivity index (χ0n) is 11.5. The molecule has 1 amide bonds. The van der Waals surface area contributed by atoms with Gasteiger partial charge in [-0.2, -0.15) is 0 Å². The molecule has 100 valence electrons. The molecule has 0 aliphatic heterocycles. The normalized spacial score (nSPS) is 11.3. The summed E-state index contributed by atoms with van der Waals surface area (Å²) >= 11 is 0. The van der Waals surface area contributed by atoms with Gasteiger partial charge in [0.25, 0.3) is 5.91 Å². The molecule has 0 spiro atoms. The number of hydrogen-bond donors (Lipinski definition) is 2. The predicted molar refractivity (Wildman–Crippen MR) is 72.5 cm³/mol. The highest BCUT2D eigenvalue weighted by Gasteiger charge is 2.11. The highest BCUT2D eigenvalue weighted by atomic mass is 16.5. The summed E-state index contributed by atoms with van der Waals surface area (Å²) in [4.78, 5) is 10.7. The molecule has 0 saturated carbocycles. The van der Waals surface area contributed by atoms with Crippen molar-refractivity contribution in [1.82, 2.24) is 5.32 Å². The second-order valence-corrected chi connectivity index (χ2v) is 5.47. The molecular formula is C14H22N2O2. The van der Waals surface area contributed by atoms with E-state index in [1.165, 1.54) is 0 Å². The van der Waals surface area contributed by atoms with E-state index in [-0.39, 0.29) is 12.1 Å². The first-order valence-electron chi connectivity index (χ1n) is 6.03. The Bertz CT molecular complexity index is 422. The molecule has 0 radical (unpaired) electrons. The largest absolute Gasteiger partial charge is 0.483 e. The summed E-state index contributed by atoms with van der Waals surface area (Å²) in [6, 6.07) is 5.88. The van der Waals surface area contributed by atoms with Crippen LogP contribution in [0.2, 0.25) is 0 Å². The van der Waals surface area contributed by atoms with Gasteiger partial charge in [0.05, 0.1) is 0 Å². The fourth-order valence-electron chi connectivity index (χ4n) is 1.50. The van der Waals surface area contributed by atoms with E-state index in [1.54, 1.807) is 0 Å². The second-order valence-electron chi connectivity index (χ2n) is 5.47. The maximum atomic E-state index is 10.7. The third-order valence-corrected chi connectivity index (χ3v) is 2.40. The lowest BCUT2D eigenvalue weighted by Crippen LogP contribution is -2.35. The molecule has 0 atom stereocenters. The van der Waals surface area contributed by atoms with Crippen LogP contribution in [0.5, 0.6) is 5.75 Å². The number of nitrogens with one attached hydrogen (secondary N) is 1. The molecule has 0 fully saturated rings. The molecule has 0 unspecified atom stereocenters. The average Bonchev–Trinajstić information content (AvgIpc) is 2.23. The van der Waals surface area contributed by atoms with Gasteiger partial charge >= 0.3 is 0 Å². The van der Waals surface area contributed by atoms with Crippen molar-refractivity contribution in [3.63, 3.8) is 0 Å². The molecule has 0 aliphatic carbocycles. The molecule has 4 heteroatoms. The molecule has 0 heterocycles. The van der Waals surface area contributed by atoms with Crippen LogP contribution in [0.4, 0.5) is 0 Å². The highest BCUT2D eigenvalue weighted by Crippen LogP contribution is 2.20. The highest BCUT2D eigenvalue weighted by molar-refractivity contribution is 5.75. The van der Waals surface area contributed by atoms with Crippen LogP contribution in [-0.4, -0.2) is 18.1 Å². The van der Waals surface area contributed by atoms with Crippen LogP contribution in [0, 0.1) is 6.92 Å². The lowest BCUT2D eigenvalue weighted by Gasteiger charge is -2.21. The van der Waals surface area contributed by atoms with E-state index in [0.717, 1.165) is 11.1 Å². The number of ether oxygens (including phenoxy) is 1. The predicted octanol–water partition coefficient (Wildman–Crippen LogP) is 1.75. The molecule has 0 aliphatic rings. The van der Waals surface area contributed by atoms with Gasteiger partial charge in [-0.15, -0.1) is 0 Å². The Balaban J connectivity index is 2.79. The molecule has 3 N–H and O–H groups in total. The number of primary amides is 1. The Kier molecular flexibility index (Phi) is 4.73. The van der Waals surface area contributed by atoms with E-state index in [1.807, 2.05) is 19.1 Å². The van der Waals surface area contributed by atoms with Crippen molar-refractivity contribution < 1.29 is 9.53 Å². The first-order chi connectivity index (χ1) is 8.28. The van der Waals surface area contributed by atoms with Crippen molar-refractivity contribution in [2.45, 2.75) is 39.8 Å². The Morgan fingerprint density at radius 3 is 2.61 bits per heavy atom. The summed E-state index contributed by atoms with van der Waals surface area (Å²) in [6.07, 6.45) is 0. The van der Waals surface area contributed by atoms with Crippen LogP contribution in [-0.2, 0) is 11.3 Å². The van der Waals surface area contributed by atoms with Gasteiger partial charge in [-0.3, -0.25) is 4.79 Å². The zero-order valence-corrected chi connectivity index (χ0v) is 11.5. The topological polar surface area (TPSA) is 64.3 Å². The number of aryl methyl sites for hydroxylation is 1. The quantitative estimate of drug-likeness (QED) is 0.836. The molecule has 0 bridgehead atoms. The van der Waals surface area contributed by atoms with Gasteiger partial charge in [0.1, 0.15) is 5.75 Å². The van der Waals surface area contributed by atoms with E-state index in [9.17, 15) is 4.79 Å². The minimum absolute atomic E-state index is 0.0324. The Morgan fingerprint density at radius 1 is 1.39 bits per heavy atom. The molecule has 1 aromatic carbocycles. The van der Waals surface area contributed by atoms with Crippen molar-refractivity contribution in [3.05, 3.63) is 29.3 Å². The van der Waals surface area contributed by atoms with Gasteiger partial charge in [0.2, 0.25) is 0 Å². The Labute approximate surface area is 109 Å². The van der Waals surface area contributed by atoms with Crippen molar-refractivity contribution in [2.75, 3.05) is 6.61 Å². The summed E-state index contributed by atoms with van der Waals surface area (Å²) in [5.74, 6) is 0.237. The summed E-state index contributed by atoms with van der Waals surface area (Å²) in [5, 5.41) is 3.40. The third kappa shape index (κ3) is 5.19. The van der Waals surface area contributed by atoms with E-state index < -0.39 is 5.91 Å². The molecule has 1 rings (SSSR count). The van der Waals surface area contributed by atoms with Gasteiger partial charge in [0, 0.05) is 17.6 Å². The minimum Gasteiger partial charge on any atom is -0.483 e. The number of carbonyl (C=O) groups excluding carboxylic acids is 1. The van der Waals surface area contributed by atoms with Gasteiger partial charge < -0.3 is 15.8 Å². The molecule has 1 aromatic rings. The summed E-state index contributed by atoms with van der Waals surface area (Å²) < 4.78 is 5.40. The number of rotatable bonds is 5. The lowest BCUT2D eigenvalue weighted by atomic mass is 10.1. The first kappa shape index (κ1) is 14.5. The maximum absolute atomic E-state index is 10.7. The molecular weight excluding hydrogens is 228 g/mol. The summed E-state index contributed by atoms with van der Waals surface area (Å²) in [5.41, 5.74) is 7.31. The summed E-state index contributed by atoms with van der Waals surface area (Å²) in [6.45, 7) is 8.94. The number of hydrogen-bond acceptors (Lipinski definition) is 3. The number of nitrogens with two attached hydrogens (primary N) is 1. The number of benzene rings is 1. The minimum atomic E-state index is -0.467.